The first kappa shape index (κ1) is 18.5. The third-order valence-corrected chi connectivity index (χ3v) is 5.51. The highest BCUT2D eigenvalue weighted by Crippen LogP contribution is 2.25. The van der Waals surface area contributed by atoms with E-state index < -0.39 is 0 Å². The van der Waals surface area contributed by atoms with Crippen LogP contribution in [-0.2, 0) is 6.54 Å². The Balaban J connectivity index is 1.70. The van der Waals surface area contributed by atoms with Crippen molar-refractivity contribution in [1.29, 1.82) is 0 Å². The molecule has 5 nitrogen and oxygen atoms in total. The fourth-order valence-electron chi connectivity index (χ4n) is 3.84. The summed E-state index contributed by atoms with van der Waals surface area (Å²) in [5.74, 6) is -0.230. The lowest BCUT2D eigenvalue weighted by Gasteiger charge is -2.34. The summed E-state index contributed by atoms with van der Waals surface area (Å²) in [6.07, 6.45) is 0. The lowest BCUT2D eigenvalue weighted by Crippen LogP contribution is -2.48. The molecule has 1 fully saturated rings. The zero-order valence-electron chi connectivity index (χ0n) is 16.1. The predicted molar refractivity (Wildman–Crippen MR) is 110 cm³/mol. The molecule has 0 bridgehead atoms. The number of likely N-dealkylation sites (N-methyl/N-ethyl adjacent to an activating group) is 1. The van der Waals surface area contributed by atoms with Crippen LogP contribution in [-0.4, -0.2) is 53.0 Å². The molecule has 2 N–H and O–H groups in total. The maximum Gasteiger partial charge on any atom is 0.270 e. The van der Waals surface area contributed by atoms with Gasteiger partial charge in [-0.2, -0.15) is 0 Å². The monoisotopic (exact) mass is 380 g/mol. The van der Waals surface area contributed by atoms with Gasteiger partial charge in [-0.1, -0.05) is 19.1 Å². The van der Waals surface area contributed by atoms with Crippen LogP contribution in [0.5, 0.6) is 0 Å². The van der Waals surface area contributed by atoms with E-state index in [1.165, 1.54) is 12.1 Å². The van der Waals surface area contributed by atoms with Gasteiger partial charge in [-0.25, -0.2) is 4.39 Å². The maximum absolute atomic E-state index is 13.3. The molecule has 0 spiro atoms. The average molecular weight is 380 g/mol. The van der Waals surface area contributed by atoms with Crippen molar-refractivity contribution in [1.82, 2.24) is 14.4 Å². The number of fused-ring (bicyclic) bond motifs is 1. The molecular weight excluding hydrogens is 355 g/mol. The smallest absolute Gasteiger partial charge is 0.270 e. The standard InChI is InChI=1S/C22H25FN4O/c1-2-25-9-11-26(12-10-25)22(28)21-14-17-13-19(24)7-8-20(17)27(21)15-16-3-5-18(23)6-4-16/h3-8,13-14H,2,9-12,15,24H2,1H3. The molecule has 1 amide bonds. The van der Waals surface area contributed by atoms with E-state index in [1.807, 2.05) is 33.7 Å². The lowest BCUT2D eigenvalue weighted by atomic mass is 10.2. The van der Waals surface area contributed by atoms with Crippen LogP contribution >= 0.6 is 0 Å². The number of piperazine rings is 1. The Kier molecular flexibility index (Phi) is 5.05. The van der Waals surface area contributed by atoms with Gasteiger partial charge in [0.2, 0.25) is 0 Å². The number of rotatable bonds is 4. The zero-order valence-corrected chi connectivity index (χ0v) is 16.1. The van der Waals surface area contributed by atoms with Crippen molar-refractivity contribution in [2.45, 2.75) is 13.5 Å². The number of hydrogen-bond donors (Lipinski definition) is 1. The van der Waals surface area contributed by atoms with E-state index in [0.29, 0.717) is 17.9 Å². The van der Waals surface area contributed by atoms with Crippen LogP contribution in [0.15, 0.2) is 48.5 Å². The maximum atomic E-state index is 13.3. The number of halogens is 1. The van der Waals surface area contributed by atoms with Crippen LogP contribution < -0.4 is 5.73 Å². The second-order valence-corrected chi connectivity index (χ2v) is 7.29. The molecule has 3 aromatic rings. The molecule has 1 aliphatic rings. The Morgan fingerprint density at radius 2 is 1.75 bits per heavy atom. The number of benzene rings is 2. The molecule has 0 unspecified atom stereocenters. The van der Waals surface area contributed by atoms with E-state index in [4.69, 9.17) is 5.73 Å². The Morgan fingerprint density at radius 1 is 1.04 bits per heavy atom. The number of nitrogens with two attached hydrogens (primary N) is 1. The second-order valence-electron chi connectivity index (χ2n) is 7.29. The minimum Gasteiger partial charge on any atom is -0.399 e. The fourth-order valence-corrected chi connectivity index (χ4v) is 3.84. The van der Waals surface area contributed by atoms with Crippen molar-refractivity contribution in [2.75, 3.05) is 38.5 Å². The molecule has 6 heteroatoms. The number of hydrogen-bond acceptors (Lipinski definition) is 3. The third-order valence-electron chi connectivity index (χ3n) is 5.51. The van der Waals surface area contributed by atoms with Gasteiger partial charge in [0.15, 0.2) is 0 Å². The van der Waals surface area contributed by atoms with E-state index in [0.717, 1.165) is 49.2 Å². The molecule has 28 heavy (non-hydrogen) atoms. The molecule has 0 atom stereocenters. The van der Waals surface area contributed by atoms with E-state index in [9.17, 15) is 9.18 Å². The lowest BCUT2D eigenvalue weighted by molar-refractivity contribution is 0.0633. The number of carbonyl (C=O) groups excluding carboxylic acids is 1. The van der Waals surface area contributed by atoms with Crippen molar-refractivity contribution in [3.05, 3.63) is 65.6 Å². The molecule has 146 valence electrons. The predicted octanol–water partition coefficient (Wildman–Crippen LogP) is 3.19. The molecule has 0 saturated carbocycles. The summed E-state index contributed by atoms with van der Waals surface area (Å²) < 4.78 is 15.3. The molecule has 2 heterocycles. The summed E-state index contributed by atoms with van der Waals surface area (Å²) in [5, 5.41) is 0.942. The van der Waals surface area contributed by atoms with Crippen molar-refractivity contribution >= 4 is 22.5 Å². The van der Waals surface area contributed by atoms with Crippen molar-refractivity contribution in [3.63, 3.8) is 0 Å². The third kappa shape index (κ3) is 3.60. The number of carbonyl (C=O) groups is 1. The van der Waals surface area contributed by atoms with Crippen LogP contribution in [0.4, 0.5) is 10.1 Å². The minimum atomic E-state index is -0.265. The van der Waals surface area contributed by atoms with E-state index in [-0.39, 0.29) is 11.7 Å². The Morgan fingerprint density at radius 3 is 2.43 bits per heavy atom. The number of nitrogen functional groups attached to an aromatic ring is 1. The first-order valence-corrected chi connectivity index (χ1v) is 9.70. The van der Waals surface area contributed by atoms with Crippen LogP contribution in [0.25, 0.3) is 10.9 Å². The van der Waals surface area contributed by atoms with Gasteiger partial charge in [-0.3, -0.25) is 4.79 Å². The summed E-state index contributed by atoms with van der Waals surface area (Å²) in [6.45, 7) is 6.90. The van der Waals surface area contributed by atoms with Crippen LogP contribution in [0.3, 0.4) is 0 Å². The Labute approximate surface area is 164 Å². The second kappa shape index (κ2) is 7.64. The topological polar surface area (TPSA) is 54.5 Å². The number of amides is 1. The van der Waals surface area contributed by atoms with Gasteiger partial charge in [0.25, 0.3) is 5.91 Å². The minimum absolute atomic E-state index is 0.0348. The first-order chi connectivity index (χ1) is 13.5. The van der Waals surface area contributed by atoms with Gasteiger partial charge < -0.3 is 20.1 Å². The Bertz CT molecular complexity index is 988. The molecule has 0 aliphatic carbocycles. The highest BCUT2D eigenvalue weighted by atomic mass is 19.1. The quantitative estimate of drug-likeness (QED) is 0.708. The van der Waals surface area contributed by atoms with Crippen molar-refractivity contribution < 1.29 is 9.18 Å². The van der Waals surface area contributed by atoms with Crippen molar-refractivity contribution in [2.24, 2.45) is 0 Å². The summed E-state index contributed by atoms with van der Waals surface area (Å²) in [4.78, 5) is 17.6. The summed E-state index contributed by atoms with van der Waals surface area (Å²) in [6, 6.07) is 14.0. The van der Waals surface area contributed by atoms with E-state index in [1.54, 1.807) is 12.1 Å². The summed E-state index contributed by atoms with van der Waals surface area (Å²) >= 11 is 0. The van der Waals surface area contributed by atoms with Crippen LogP contribution in [0, 0.1) is 5.82 Å². The van der Waals surface area contributed by atoms with Gasteiger partial charge in [-0.05, 0) is 48.5 Å². The van der Waals surface area contributed by atoms with Crippen molar-refractivity contribution in [3.8, 4) is 0 Å². The van der Waals surface area contributed by atoms with Gasteiger partial charge in [0.05, 0.1) is 0 Å². The molecule has 1 aliphatic heterocycles. The van der Waals surface area contributed by atoms with Gasteiger partial charge in [0.1, 0.15) is 11.5 Å². The fraction of sp³-hybridized carbons (Fsp3) is 0.318. The van der Waals surface area contributed by atoms with E-state index >= 15 is 0 Å². The normalized spacial score (nSPS) is 15.3. The summed E-state index contributed by atoms with van der Waals surface area (Å²) in [5.41, 5.74) is 9.16. The van der Waals surface area contributed by atoms with Gasteiger partial charge in [0, 0.05) is 49.3 Å². The van der Waals surface area contributed by atoms with Crippen LogP contribution in [0.1, 0.15) is 23.0 Å². The number of anilines is 1. The van der Waals surface area contributed by atoms with Gasteiger partial charge >= 0.3 is 0 Å². The highest BCUT2D eigenvalue weighted by molar-refractivity contribution is 5.99. The average Bonchev–Trinajstić information content (AvgIpc) is 3.06. The molecule has 4 rings (SSSR count). The summed E-state index contributed by atoms with van der Waals surface area (Å²) in [7, 11) is 0. The molecular formula is C22H25FN4O. The molecule has 1 saturated heterocycles. The highest BCUT2D eigenvalue weighted by Gasteiger charge is 2.25. The number of nitrogens with zero attached hydrogens (tertiary/aromatic N) is 3. The SMILES string of the molecule is CCN1CCN(C(=O)c2cc3cc(N)ccc3n2Cc2ccc(F)cc2)CC1. The van der Waals surface area contributed by atoms with E-state index in [2.05, 4.69) is 11.8 Å². The van der Waals surface area contributed by atoms with Crippen LogP contribution in [0.2, 0.25) is 0 Å². The Hall–Kier alpha value is -2.86. The number of aromatic nitrogens is 1. The molecule has 0 radical (unpaired) electrons. The largest absolute Gasteiger partial charge is 0.399 e. The zero-order chi connectivity index (χ0) is 19.7. The molecule has 2 aromatic carbocycles. The first-order valence-electron chi connectivity index (χ1n) is 9.70. The molecule has 1 aromatic heterocycles. The van der Waals surface area contributed by atoms with Gasteiger partial charge in [-0.15, -0.1) is 0 Å².